The molecule has 2 aromatic carbocycles. The van der Waals surface area contributed by atoms with E-state index < -0.39 is 6.10 Å². The molecule has 0 spiro atoms. The number of hydrogen-bond acceptors (Lipinski definition) is 3. The van der Waals surface area contributed by atoms with Crippen molar-refractivity contribution < 1.29 is 9.90 Å². The number of carbonyl (C=O) groups is 1. The first-order chi connectivity index (χ1) is 12.1. The number of nitrogens with two attached hydrogens (primary N) is 1. The van der Waals surface area contributed by atoms with E-state index in [-0.39, 0.29) is 18.0 Å². The van der Waals surface area contributed by atoms with Crippen LogP contribution in [0.5, 0.6) is 0 Å². The lowest BCUT2D eigenvalue weighted by Crippen LogP contribution is -2.38. The van der Waals surface area contributed by atoms with E-state index in [4.69, 9.17) is 5.73 Å². The van der Waals surface area contributed by atoms with Gasteiger partial charge in [0.05, 0.1) is 6.10 Å². The number of likely N-dealkylation sites (tertiary alicyclic amines) is 1. The molecular weight excluding hydrogens is 312 g/mol. The van der Waals surface area contributed by atoms with Gasteiger partial charge in [0.1, 0.15) is 0 Å². The maximum Gasteiger partial charge on any atom is 0.224 e. The fourth-order valence-electron chi connectivity index (χ4n) is 3.60. The largest absolute Gasteiger partial charge is 0.388 e. The lowest BCUT2D eigenvalue weighted by molar-refractivity contribution is -0.132. The van der Waals surface area contributed by atoms with Gasteiger partial charge < -0.3 is 15.7 Å². The van der Waals surface area contributed by atoms with E-state index in [2.05, 4.69) is 0 Å². The van der Waals surface area contributed by atoms with Gasteiger partial charge in [0, 0.05) is 25.0 Å². The van der Waals surface area contributed by atoms with E-state index in [9.17, 15) is 9.90 Å². The molecule has 1 amide bonds. The van der Waals surface area contributed by atoms with Gasteiger partial charge in [0.25, 0.3) is 0 Å². The summed E-state index contributed by atoms with van der Waals surface area (Å²) in [4.78, 5) is 14.6. The second kappa shape index (κ2) is 8.28. The smallest absolute Gasteiger partial charge is 0.224 e. The van der Waals surface area contributed by atoms with Crippen LogP contribution in [0.2, 0.25) is 0 Å². The van der Waals surface area contributed by atoms with Crippen molar-refractivity contribution in [2.24, 2.45) is 5.73 Å². The van der Waals surface area contributed by atoms with Crippen LogP contribution in [-0.4, -0.2) is 28.5 Å². The average molecular weight is 338 g/mol. The highest BCUT2D eigenvalue weighted by Crippen LogP contribution is 2.28. The highest BCUT2D eigenvalue weighted by atomic mass is 16.3. The molecular formula is C21H26N2O2. The van der Waals surface area contributed by atoms with Crippen LogP contribution in [0.1, 0.15) is 49.0 Å². The van der Waals surface area contributed by atoms with Gasteiger partial charge in [-0.15, -0.1) is 0 Å². The van der Waals surface area contributed by atoms with Gasteiger partial charge in [-0.3, -0.25) is 4.79 Å². The third-order valence-corrected chi connectivity index (χ3v) is 5.00. The van der Waals surface area contributed by atoms with Crippen LogP contribution in [0.4, 0.5) is 0 Å². The van der Waals surface area contributed by atoms with E-state index in [0.29, 0.717) is 12.8 Å². The van der Waals surface area contributed by atoms with E-state index >= 15 is 0 Å². The third kappa shape index (κ3) is 4.47. The molecule has 0 aliphatic carbocycles. The van der Waals surface area contributed by atoms with Gasteiger partial charge in [-0.25, -0.2) is 0 Å². The fraction of sp³-hybridized carbons (Fsp3) is 0.381. The Morgan fingerprint density at radius 2 is 1.68 bits per heavy atom. The standard InChI is InChI=1S/C21H26N2O2/c22-19(16-8-3-1-4-9-16)15-21(25)23-13-7-12-18(23)14-20(24)17-10-5-2-6-11-17/h1-6,8-11,18-20,24H,7,12-15,22H2. The van der Waals surface area contributed by atoms with E-state index in [0.717, 1.165) is 30.5 Å². The minimum atomic E-state index is -0.539. The van der Waals surface area contributed by atoms with Crippen LogP contribution >= 0.6 is 0 Å². The highest BCUT2D eigenvalue weighted by molar-refractivity contribution is 5.77. The molecule has 0 aromatic heterocycles. The predicted molar refractivity (Wildman–Crippen MR) is 98.7 cm³/mol. The monoisotopic (exact) mass is 338 g/mol. The molecule has 3 rings (SSSR count). The van der Waals surface area contributed by atoms with Gasteiger partial charge in [-0.05, 0) is 30.4 Å². The first-order valence-electron chi connectivity index (χ1n) is 8.98. The lowest BCUT2D eigenvalue weighted by atomic mass is 9.99. The number of hydrogen-bond donors (Lipinski definition) is 2. The molecule has 25 heavy (non-hydrogen) atoms. The Kier molecular flexibility index (Phi) is 5.84. The van der Waals surface area contributed by atoms with Crippen molar-refractivity contribution in [3.05, 3.63) is 71.8 Å². The minimum absolute atomic E-state index is 0.0825. The summed E-state index contributed by atoms with van der Waals surface area (Å²) in [5.41, 5.74) is 8.09. The second-order valence-corrected chi connectivity index (χ2v) is 6.77. The zero-order chi connectivity index (χ0) is 17.6. The fourth-order valence-corrected chi connectivity index (χ4v) is 3.60. The van der Waals surface area contributed by atoms with Crippen LogP contribution in [0.25, 0.3) is 0 Å². The molecule has 3 unspecified atom stereocenters. The molecule has 4 nitrogen and oxygen atoms in total. The van der Waals surface area contributed by atoms with Crippen LogP contribution in [-0.2, 0) is 4.79 Å². The molecule has 0 bridgehead atoms. The Morgan fingerprint density at radius 3 is 2.32 bits per heavy atom. The summed E-state index contributed by atoms with van der Waals surface area (Å²) in [6.45, 7) is 0.756. The zero-order valence-electron chi connectivity index (χ0n) is 14.4. The minimum Gasteiger partial charge on any atom is -0.388 e. The molecule has 0 saturated carbocycles. The summed E-state index contributed by atoms with van der Waals surface area (Å²) in [6, 6.07) is 19.2. The Balaban J connectivity index is 1.60. The Bertz CT molecular complexity index is 675. The number of amides is 1. The van der Waals surface area contributed by atoms with Crippen molar-refractivity contribution in [2.75, 3.05) is 6.54 Å². The molecule has 1 aliphatic rings. The predicted octanol–water partition coefficient (Wildman–Crippen LogP) is 3.19. The van der Waals surface area contributed by atoms with Crippen molar-refractivity contribution in [3.63, 3.8) is 0 Å². The summed E-state index contributed by atoms with van der Waals surface area (Å²) in [6.07, 6.45) is 2.27. The Morgan fingerprint density at radius 1 is 1.08 bits per heavy atom. The number of benzene rings is 2. The summed E-state index contributed by atoms with van der Waals surface area (Å²) in [5.74, 6) is 0.0825. The zero-order valence-corrected chi connectivity index (χ0v) is 14.4. The summed E-state index contributed by atoms with van der Waals surface area (Å²) in [7, 11) is 0. The molecule has 1 saturated heterocycles. The van der Waals surface area contributed by atoms with Gasteiger partial charge in [0.2, 0.25) is 5.91 Å². The van der Waals surface area contributed by atoms with Crippen molar-refractivity contribution >= 4 is 5.91 Å². The van der Waals surface area contributed by atoms with E-state index in [1.165, 1.54) is 0 Å². The average Bonchev–Trinajstić information content (AvgIpc) is 3.11. The molecule has 1 aliphatic heterocycles. The summed E-state index contributed by atoms with van der Waals surface area (Å²) < 4.78 is 0. The second-order valence-electron chi connectivity index (χ2n) is 6.77. The number of aliphatic hydroxyl groups excluding tert-OH is 1. The topological polar surface area (TPSA) is 66.6 Å². The van der Waals surface area contributed by atoms with Crippen molar-refractivity contribution in [1.29, 1.82) is 0 Å². The molecule has 3 N–H and O–H groups in total. The number of aliphatic hydroxyl groups is 1. The first kappa shape index (κ1) is 17.6. The molecule has 1 fully saturated rings. The van der Waals surface area contributed by atoms with Crippen molar-refractivity contribution in [1.82, 2.24) is 4.90 Å². The molecule has 0 radical (unpaired) electrons. The van der Waals surface area contributed by atoms with Crippen LogP contribution in [0.3, 0.4) is 0 Å². The normalized spacial score (nSPS) is 19.6. The Labute approximate surface area is 149 Å². The number of rotatable bonds is 6. The molecule has 1 heterocycles. The summed E-state index contributed by atoms with van der Waals surface area (Å²) in [5, 5.41) is 10.5. The van der Waals surface area contributed by atoms with E-state index in [1.54, 1.807) is 0 Å². The molecule has 4 heteroatoms. The maximum atomic E-state index is 12.7. The first-order valence-corrected chi connectivity index (χ1v) is 8.98. The lowest BCUT2D eigenvalue weighted by Gasteiger charge is -2.28. The van der Waals surface area contributed by atoms with Gasteiger partial charge >= 0.3 is 0 Å². The van der Waals surface area contributed by atoms with Crippen molar-refractivity contribution in [3.8, 4) is 0 Å². The maximum absolute atomic E-state index is 12.7. The van der Waals surface area contributed by atoms with E-state index in [1.807, 2.05) is 65.6 Å². The third-order valence-electron chi connectivity index (χ3n) is 5.00. The van der Waals surface area contributed by atoms with Crippen LogP contribution < -0.4 is 5.73 Å². The SMILES string of the molecule is NC(CC(=O)N1CCCC1CC(O)c1ccccc1)c1ccccc1. The molecule has 3 atom stereocenters. The molecule has 132 valence electrons. The van der Waals surface area contributed by atoms with Gasteiger partial charge in [0.15, 0.2) is 0 Å². The summed E-state index contributed by atoms with van der Waals surface area (Å²) >= 11 is 0. The van der Waals surface area contributed by atoms with Crippen LogP contribution in [0.15, 0.2) is 60.7 Å². The quantitative estimate of drug-likeness (QED) is 0.850. The van der Waals surface area contributed by atoms with Gasteiger partial charge in [-0.2, -0.15) is 0 Å². The number of nitrogens with zero attached hydrogens (tertiary/aromatic N) is 1. The van der Waals surface area contributed by atoms with Crippen LogP contribution in [0, 0.1) is 0 Å². The van der Waals surface area contributed by atoms with Crippen molar-refractivity contribution in [2.45, 2.75) is 43.9 Å². The highest BCUT2D eigenvalue weighted by Gasteiger charge is 2.31. The van der Waals surface area contributed by atoms with Gasteiger partial charge in [-0.1, -0.05) is 60.7 Å². The number of carbonyl (C=O) groups excluding carboxylic acids is 1. The Hall–Kier alpha value is -2.17. The molecule has 2 aromatic rings.